The van der Waals surface area contributed by atoms with E-state index in [-0.39, 0.29) is 40.2 Å². The molecule has 0 aliphatic rings. The number of hydrogen-bond donors (Lipinski definition) is 1. The lowest BCUT2D eigenvalue weighted by Gasteiger charge is -2.33. The third kappa shape index (κ3) is 7.96. The Labute approximate surface area is 249 Å². The van der Waals surface area contributed by atoms with Crippen molar-refractivity contribution in [3.63, 3.8) is 0 Å². The Kier molecular flexibility index (Phi) is 11.1. The van der Waals surface area contributed by atoms with Gasteiger partial charge in [0.2, 0.25) is 11.8 Å². The quantitative estimate of drug-likeness (QED) is 0.200. The third-order valence-corrected chi connectivity index (χ3v) is 8.76. The first-order valence-corrected chi connectivity index (χ1v) is 15.0. The Morgan fingerprint density at radius 2 is 1.63 bits per heavy atom. The summed E-state index contributed by atoms with van der Waals surface area (Å²) in [5.74, 6) is -1.04. The molecule has 0 aliphatic heterocycles. The number of non-ortho nitro benzene ring substituents is 1. The van der Waals surface area contributed by atoms with E-state index in [4.69, 9.17) is 23.2 Å². The number of anilines is 1. The minimum atomic E-state index is -4.29. The van der Waals surface area contributed by atoms with Crippen LogP contribution in [0.15, 0.2) is 77.7 Å². The summed E-state index contributed by atoms with van der Waals surface area (Å²) >= 11 is 12.3. The van der Waals surface area contributed by atoms with Gasteiger partial charge in [0.1, 0.15) is 12.6 Å². The van der Waals surface area contributed by atoms with Gasteiger partial charge < -0.3 is 10.2 Å². The molecular weight excluding hydrogens is 591 g/mol. The SMILES string of the molecule is CCCNC(=O)[C@H](CC)N(Cc1ccc(Cl)c(Cl)c1)C(=O)CN(c1ccc([N+](=O)[O-])cc1)S(=O)(=O)c1ccccc1. The monoisotopic (exact) mass is 620 g/mol. The first kappa shape index (κ1) is 31.9. The lowest BCUT2D eigenvalue weighted by atomic mass is 10.1. The van der Waals surface area contributed by atoms with Crippen LogP contribution >= 0.6 is 23.2 Å². The summed E-state index contributed by atoms with van der Waals surface area (Å²) < 4.78 is 28.4. The molecule has 0 aromatic heterocycles. The lowest BCUT2D eigenvalue weighted by Crippen LogP contribution is -2.52. The Morgan fingerprint density at radius 1 is 0.976 bits per heavy atom. The zero-order valence-electron chi connectivity index (χ0n) is 22.5. The number of carbonyl (C=O) groups excluding carboxylic acids is 2. The van der Waals surface area contributed by atoms with E-state index in [9.17, 15) is 28.1 Å². The van der Waals surface area contributed by atoms with Gasteiger partial charge in [0, 0.05) is 25.2 Å². The summed E-state index contributed by atoms with van der Waals surface area (Å²) in [6, 6.07) is 16.3. The van der Waals surface area contributed by atoms with E-state index in [1.54, 1.807) is 43.3 Å². The highest BCUT2D eigenvalue weighted by Crippen LogP contribution is 2.28. The molecule has 1 N–H and O–H groups in total. The van der Waals surface area contributed by atoms with Gasteiger partial charge in [-0.3, -0.25) is 24.0 Å². The highest BCUT2D eigenvalue weighted by molar-refractivity contribution is 7.92. The van der Waals surface area contributed by atoms with Crippen LogP contribution in [0.3, 0.4) is 0 Å². The lowest BCUT2D eigenvalue weighted by molar-refractivity contribution is -0.384. The minimum Gasteiger partial charge on any atom is -0.354 e. The first-order chi connectivity index (χ1) is 19.5. The predicted molar refractivity (Wildman–Crippen MR) is 158 cm³/mol. The molecule has 41 heavy (non-hydrogen) atoms. The first-order valence-electron chi connectivity index (χ1n) is 12.8. The van der Waals surface area contributed by atoms with Gasteiger partial charge in [-0.2, -0.15) is 0 Å². The summed E-state index contributed by atoms with van der Waals surface area (Å²) in [4.78, 5) is 38.9. The summed E-state index contributed by atoms with van der Waals surface area (Å²) in [5.41, 5.74) is 0.394. The number of benzene rings is 3. The molecule has 0 radical (unpaired) electrons. The molecule has 0 fully saturated rings. The molecule has 0 spiro atoms. The maximum absolute atomic E-state index is 14.0. The predicted octanol–water partition coefficient (Wildman–Crippen LogP) is 5.43. The third-order valence-electron chi connectivity index (χ3n) is 6.23. The van der Waals surface area contributed by atoms with Gasteiger partial charge in [0.05, 0.1) is 25.6 Å². The highest BCUT2D eigenvalue weighted by Gasteiger charge is 2.33. The fraction of sp³-hybridized carbons (Fsp3) is 0.286. The molecule has 3 rings (SSSR count). The molecule has 0 bridgehead atoms. The molecule has 10 nitrogen and oxygen atoms in total. The molecule has 0 saturated heterocycles. The second kappa shape index (κ2) is 14.3. The van der Waals surface area contributed by atoms with Crippen molar-refractivity contribution in [2.24, 2.45) is 0 Å². The van der Waals surface area contributed by atoms with Crippen molar-refractivity contribution in [1.82, 2.24) is 10.2 Å². The topological polar surface area (TPSA) is 130 Å². The van der Waals surface area contributed by atoms with Gasteiger partial charge in [-0.25, -0.2) is 8.42 Å². The van der Waals surface area contributed by atoms with E-state index in [1.807, 2.05) is 6.92 Å². The number of hydrogen-bond acceptors (Lipinski definition) is 6. The van der Waals surface area contributed by atoms with Gasteiger partial charge in [-0.15, -0.1) is 0 Å². The van der Waals surface area contributed by atoms with Gasteiger partial charge in [0.25, 0.3) is 15.7 Å². The number of rotatable bonds is 13. The normalized spacial score (nSPS) is 11.9. The van der Waals surface area contributed by atoms with Crippen LogP contribution in [0.5, 0.6) is 0 Å². The number of nitro benzene ring substituents is 1. The standard InChI is InChI=1S/C28H30Cl2N4O6S/c1-3-16-31-28(36)26(4-2)32(18-20-10-15-24(29)25(30)17-20)27(35)19-33(21-11-13-22(14-12-21)34(37)38)41(39,40)23-8-6-5-7-9-23/h5-15,17,26H,3-4,16,18-19H2,1-2H3,(H,31,36)/t26-/m0/s1. The molecule has 0 unspecified atom stereocenters. The van der Waals surface area contributed by atoms with Crippen LogP contribution in [-0.2, 0) is 26.2 Å². The van der Waals surface area contributed by atoms with Crippen molar-refractivity contribution in [2.45, 2.75) is 44.2 Å². The summed E-state index contributed by atoms with van der Waals surface area (Å²) in [7, 11) is -4.29. The highest BCUT2D eigenvalue weighted by atomic mass is 35.5. The molecule has 0 heterocycles. The van der Waals surface area contributed by atoms with Crippen molar-refractivity contribution in [1.29, 1.82) is 0 Å². The van der Waals surface area contributed by atoms with Crippen molar-refractivity contribution < 1.29 is 22.9 Å². The fourth-order valence-corrected chi connectivity index (χ4v) is 5.87. The second-order valence-corrected chi connectivity index (χ2v) is 11.8. The van der Waals surface area contributed by atoms with Crippen LogP contribution in [0, 0.1) is 10.1 Å². The van der Waals surface area contributed by atoms with E-state index in [2.05, 4.69) is 5.32 Å². The Bertz CT molecular complexity index is 1490. The van der Waals surface area contributed by atoms with E-state index in [1.165, 1.54) is 29.2 Å². The molecule has 3 aromatic rings. The average molecular weight is 622 g/mol. The van der Waals surface area contributed by atoms with E-state index in [0.29, 0.717) is 23.6 Å². The van der Waals surface area contributed by atoms with E-state index < -0.39 is 33.4 Å². The number of carbonyl (C=O) groups is 2. The smallest absolute Gasteiger partial charge is 0.269 e. The molecular formula is C28H30Cl2N4O6S. The van der Waals surface area contributed by atoms with Crippen LogP contribution in [0.2, 0.25) is 10.0 Å². The largest absolute Gasteiger partial charge is 0.354 e. The number of nitrogens with one attached hydrogen (secondary N) is 1. The fourth-order valence-electron chi connectivity index (χ4n) is 4.11. The van der Waals surface area contributed by atoms with Crippen molar-refractivity contribution in [2.75, 3.05) is 17.4 Å². The van der Waals surface area contributed by atoms with Crippen molar-refractivity contribution in [3.8, 4) is 0 Å². The molecule has 2 amide bonds. The van der Waals surface area contributed by atoms with Gasteiger partial charge >= 0.3 is 0 Å². The van der Waals surface area contributed by atoms with E-state index in [0.717, 1.165) is 16.4 Å². The average Bonchev–Trinajstić information content (AvgIpc) is 2.96. The zero-order valence-corrected chi connectivity index (χ0v) is 24.8. The van der Waals surface area contributed by atoms with Crippen LogP contribution < -0.4 is 9.62 Å². The van der Waals surface area contributed by atoms with Crippen molar-refractivity contribution in [3.05, 3.63) is 98.5 Å². The van der Waals surface area contributed by atoms with Gasteiger partial charge in [-0.1, -0.05) is 61.3 Å². The maximum atomic E-state index is 14.0. The van der Waals surface area contributed by atoms with Gasteiger partial charge in [0.15, 0.2) is 0 Å². The summed E-state index contributed by atoms with van der Waals surface area (Å²) in [5, 5.41) is 14.6. The number of halogens is 2. The summed E-state index contributed by atoms with van der Waals surface area (Å²) in [6.07, 6.45) is 0.942. The summed E-state index contributed by atoms with van der Waals surface area (Å²) in [6.45, 7) is 3.33. The number of nitro groups is 1. The number of nitrogens with zero attached hydrogens (tertiary/aromatic N) is 3. The molecule has 13 heteroatoms. The Morgan fingerprint density at radius 3 is 2.20 bits per heavy atom. The van der Waals surface area contributed by atoms with Crippen LogP contribution in [0.25, 0.3) is 0 Å². The van der Waals surface area contributed by atoms with Crippen LogP contribution in [0.4, 0.5) is 11.4 Å². The number of sulfonamides is 1. The Balaban J connectivity index is 2.07. The molecule has 218 valence electrons. The minimum absolute atomic E-state index is 0.0470. The second-order valence-electron chi connectivity index (χ2n) is 9.08. The molecule has 3 aromatic carbocycles. The maximum Gasteiger partial charge on any atom is 0.269 e. The molecule has 1 atom stereocenters. The molecule has 0 saturated carbocycles. The van der Waals surface area contributed by atoms with Crippen LogP contribution in [-0.4, -0.2) is 49.2 Å². The number of amides is 2. The van der Waals surface area contributed by atoms with E-state index >= 15 is 0 Å². The van der Waals surface area contributed by atoms with Gasteiger partial charge in [-0.05, 0) is 54.8 Å². The Hall–Kier alpha value is -3.67. The van der Waals surface area contributed by atoms with Crippen LogP contribution in [0.1, 0.15) is 32.3 Å². The van der Waals surface area contributed by atoms with Crippen molar-refractivity contribution >= 4 is 56.4 Å². The molecule has 0 aliphatic carbocycles. The zero-order chi connectivity index (χ0) is 30.2.